The summed E-state index contributed by atoms with van der Waals surface area (Å²) in [6.07, 6.45) is -1.51. The Bertz CT molecular complexity index is 329. The van der Waals surface area contributed by atoms with Crippen LogP contribution in [-0.4, -0.2) is 52.1 Å². The molecule has 0 saturated heterocycles. The first-order valence-electron chi connectivity index (χ1n) is 4.91. The molecule has 1 unspecified atom stereocenters. The largest absolute Gasteiger partial charge is 0.446 e. The van der Waals surface area contributed by atoms with Crippen LogP contribution in [-0.2, 0) is 19.7 Å². The average molecular weight is 270 g/mol. The normalized spacial score (nSPS) is 13.5. The Morgan fingerprint density at radius 3 is 2.41 bits per heavy atom. The Balaban J connectivity index is 4.32. The van der Waals surface area contributed by atoms with Gasteiger partial charge in [0, 0.05) is 7.11 Å². The topological polar surface area (TPSA) is 114 Å². The van der Waals surface area contributed by atoms with Crippen molar-refractivity contribution in [3.8, 4) is 0 Å². The van der Waals surface area contributed by atoms with Gasteiger partial charge in [-0.15, -0.1) is 0 Å². The van der Waals surface area contributed by atoms with E-state index in [9.17, 15) is 13.2 Å². The maximum absolute atomic E-state index is 11.4. The average Bonchev–Trinajstić information content (AvgIpc) is 2.14. The Morgan fingerprint density at radius 1 is 1.41 bits per heavy atom. The molecule has 17 heavy (non-hydrogen) atoms. The summed E-state index contributed by atoms with van der Waals surface area (Å²) in [5, 5.41) is 8.85. The van der Waals surface area contributed by atoms with Crippen LogP contribution in [0, 0.1) is 0 Å². The van der Waals surface area contributed by atoms with Crippen LogP contribution >= 0.6 is 0 Å². The number of amides is 1. The quantitative estimate of drug-likeness (QED) is 0.544. The number of aliphatic hydroxyl groups excluding tert-OH is 1. The van der Waals surface area contributed by atoms with E-state index in [-0.39, 0.29) is 6.61 Å². The molecule has 9 heteroatoms. The number of methoxy groups -OCH3 is 1. The van der Waals surface area contributed by atoms with Gasteiger partial charge in [-0.3, -0.25) is 0 Å². The first-order chi connectivity index (χ1) is 7.80. The zero-order valence-electron chi connectivity index (χ0n) is 9.97. The molecule has 1 atom stereocenters. The first kappa shape index (κ1) is 16.1. The molecule has 0 heterocycles. The van der Waals surface area contributed by atoms with Gasteiger partial charge in [-0.2, -0.15) is 13.1 Å². The van der Waals surface area contributed by atoms with E-state index in [4.69, 9.17) is 5.11 Å². The number of nitrogens with one attached hydrogen (secondary N) is 2. The van der Waals surface area contributed by atoms with Crippen LogP contribution in [0.15, 0.2) is 0 Å². The maximum Gasteiger partial charge on any atom is 0.422 e. The Morgan fingerprint density at radius 2 is 2.00 bits per heavy atom. The van der Waals surface area contributed by atoms with Crippen LogP contribution in [0.3, 0.4) is 0 Å². The lowest BCUT2D eigenvalue weighted by atomic mass is 10.4. The van der Waals surface area contributed by atoms with E-state index in [1.165, 1.54) is 7.11 Å². The molecule has 0 rings (SSSR count). The number of carbonyl (C=O) groups excluding carboxylic acids is 1. The number of ether oxygens (including phenoxy) is 2. The second kappa shape index (κ2) is 7.43. The number of aliphatic hydroxyl groups is 1. The molecule has 0 aromatic heterocycles. The lowest BCUT2D eigenvalue weighted by Gasteiger charge is -2.16. The van der Waals surface area contributed by atoms with Crippen molar-refractivity contribution < 1.29 is 27.8 Å². The van der Waals surface area contributed by atoms with Crippen molar-refractivity contribution >= 4 is 16.3 Å². The van der Waals surface area contributed by atoms with Crippen LogP contribution in [0.5, 0.6) is 0 Å². The van der Waals surface area contributed by atoms with Gasteiger partial charge >= 0.3 is 16.3 Å². The molecule has 0 aliphatic rings. The van der Waals surface area contributed by atoms with Crippen LogP contribution in [0.25, 0.3) is 0 Å². The van der Waals surface area contributed by atoms with Crippen LogP contribution < -0.4 is 9.44 Å². The fourth-order valence-corrected chi connectivity index (χ4v) is 1.83. The highest BCUT2D eigenvalue weighted by Gasteiger charge is 2.20. The van der Waals surface area contributed by atoms with Gasteiger partial charge in [0.2, 0.25) is 0 Å². The van der Waals surface area contributed by atoms with Crippen molar-refractivity contribution in [3.05, 3.63) is 0 Å². The van der Waals surface area contributed by atoms with E-state index < -0.39 is 35.1 Å². The Kier molecular flexibility index (Phi) is 7.04. The molecule has 0 aromatic rings. The van der Waals surface area contributed by atoms with Crippen LogP contribution in [0.1, 0.15) is 13.8 Å². The van der Waals surface area contributed by atoms with Crippen LogP contribution in [0.4, 0.5) is 4.79 Å². The molecule has 1 amide bonds. The third kappa shape index (κ3) is 7.91. The maximum atomic E-state index is 11.4. The number of rotatable bonds is 7. The predicted molar refractivity (Wildman–Crippen MR) is 59.6 cm³/mol. The molecule has 102 valence electrons. The van der Waals surface area contributed by atoms with Gasteiger partial charge in [0.25, 0.3) is 0 Å². The van der Waals surface area contributed by atoms with Crippen molar-refractivity contribution in [2.45, 2.75) is 26.0 Å². The minimum absolute atomic E-state index is 0.0172. The molecule has 0 saturated carbocycles. The molecular formula is C8H18N2O6S. The van der Waals surface area contributed by atoms with E-state index in [1.807, 2.05) is 4.72 Å². The summed E-state index contributed by atoms with van der Waals surface area (Å²) in [4.78, 5) is 11.1. The molecule has 0 bridgehead atoms. The fraction of sp³-hybridized carbons (Fsp3) is 0.875. The predicted octanol–water partition coefficient (Wildman–Crippen LogP) is -1.04. The van der Waals surface area contributed by atoms with Gasteiger partial charge in [-0.25, -0.2) is 9.52 Å². The Labute approximate surface area is 100 Å². The third-order valence-electron chi connectivity index (χ3n) is 1.47. The van der Waals surface area contributed by atoms with E-state index >= 15 is 0 Å². The standard InChI is InChI=1S/C8H18N2O6S/c1-6(2)16-8(12)10-17(13,14)9-7(4-11)5-15-3/h6-7,9,11H,4-5H2,1-3H3,(H,10,12). The molecule has 3 N–H and O–H groups in total. The lowest BCUT2D eigenvalue weighted by Crippen LogP contribution is -2.48. The highest BCUT2D eigenvalue weighted by Crippen LogP contribution is 1.92. The van der Waals surface area contributed by atoms with E-state index in [0.717, 1.165) is 0 Å². The van der Waals surface area contributed by atoms with Gasteiger partial charge in [0.1, 0.15) is 0 Å². The van der Waals surface area contributed by atoms with Gasteiger partial charge in [0.05, 0.1) is 25.4 Å². The number of hydrogen-bond acceptors (Lipinski definition) is 6. The highest BCUT2D eigenvalue weighted by molar-refractivity contribution is 7.88. The van der Waals surface area contributed by atoms with Gasteiger partial charge in [-0.1, -0.05) is 0 Å². The summed E-state index contributed by atoms with van der Waals surface area (Å²) >= 11 is 0. The highest BCUT2D eigenvalue weighted by atomic mass is 32.2. The lowest BCUT2D eigenvalue weighted by molar-refractivity contribution is 0.120. The Hall–Kier alpha value is -0.900. The molecule has 0 fully saturated rings. The monoisotopic (exact) mass is 270 g/mol. The number of hydrogen-bond donors (Lipinski definition) is 3. The molecule has 0 aliphatic heterocycles. The summed E-state index contributed by atoms with van der Waals surface area (Å²) in [7, 11) is -2.72. The second-order valence-electron chi connectivity index (χ2n) is 3.51. The van der Waals surface area contributed by atoms with Crippen molar-refractivity contribution in [3.63, 3.8) is 0 Å². The zero-order valence-corrected chi connectivity index (χ0v) is 10.8. The van der Waals surface area contributed by atoms with Crippen molar-refractivity contribution in [1.29, 1.82) is 0 Å². The summed E-state index contributed by atoms with van der Waals surface area (Å²) < 4.78 is 35.7. The van der Waals surface area contributed by atoms with Crippen molar-refractivity contribution in [2.75, 3.05) is 20.3 Å². The molecule has 0 aromatic carbocycles. The summed E-state index contributed by atoms with van der Waals surface area (Å²) in [6.45, 7) is 2.70. The van der Waals surface area contributed by atoms with Gasteiger partial charge < -0.3 is 14.6 Å². The zero-order chi connectivity index (χ0) is 13.5. The smallest absolute Gasteiger partial charge is 0.422 e. The molecular weight excluding hydrogens is 252 g/mol. The molecule has 8 nitrogen and oxygen atoms in total. The minimum atomic E-state index is -4.07. The van der Waals surface area contributed by atoms with Gasteiger partial charge in [-0.05, 0) is 13.8 Å². The third-order valence-corrected chi connectivity index (χ3v) is 2.55. The van der Waals surface area contributed by atoms with Crippen molar-refractivity contribution in [2.24, 2.45) is 0 Å². The van der Waals surface area contributed by atoms with Crippen molar-refractivity contribution in [1.82, 2.24) is 9.44 Å². The fourth-order valence-electron chi connectivity index (χ4n) is 0.922. The van der Waals surface area contributed by atoms with E-state index in [0.29, 0.717) is 0 Å². The first-order valence-corrected chi connectivity index (χ1v) is 6.39. The minimum Gasteiger partial charge on any atom is -0.446 e. The SMILES string of the molecule is COCC(CO)NS(=O)(=O)NC(=O)OC(C)C. The van der Waals surface area contributed by atoms with E-state index in [1.54, 1.807) is 18.6 Å². The summed E-state index contributed by atoms with van der Waals surface area (Å²) in [5.41, 5.74) is 0. The molecule has 0 radical (unpaired) electrons. The summed E-state index contributed by atoms with van der Waals surface area (Å²) in [5.74, 6) is 0. The van der Waals surface area contributed by atoms with Crippen LogP contribution in [0.2, 0.25) is 0 Å². The molecule has 0 spiro atoms. The van der Waals surface area contributed by atoms with E-state index in [2.05, 4.69) is 9.47 Å². The summed E-state index contributed by atoms with van der Waals surface area (Å²) in [6, 6.07) is -0.829. The van der Waals surface area contributed by atoms with Gasteiger partial charge in [0.15, 0.2) is 0 Å². The second-order valence-corrected chi connectivity index (χ2v) is 4.96. The number of carbonyl (C=O) groups is 1. The molecule has 0 aliphatic carbocycles.